The average molecular weight is 490 g/mol. The number of aromatic hydroxyl groups is 4. The van der Waals surface area contributed by atoms with Crippen molar-refractivity contribution in [2.75, 3.05) is 6.54 Å². The summed E-state index contributed by atoms with van der Waals surface area (Å²) < 4.78 is 0. The van der Waals surface area contributed by atoms with E-state index in [0.717, 1.165) is 63.9 Å². The minimum atomic E-state index is -0.614. The normalized spacial score (nSPS) is 21.5. The molecule has 0 radical (unpaired) electrons. The van der Waals surface area contributed by atoms with Crippen LogP contribution in [0, 0.1) is 0 Å². The summed E-state index contributed by atoms with van der Waals surface area (Å²) in [5.41, 5.74) is 6.81. The van der Waals surface area contributed by atoms with E-state index in [4.69, 9.17) is 0 Å². The van der Waals surface area contributed by atoms with Crippen LogP contribution in [-0.4, -0.2) is 37.9 Å². The Kier molecular flexibility index (Phi) is 4.61. The second-order valence-electron chi connectivity index (χ2n) is 10.5. The number of hydrogen-bond acceptors (Lipinski definition) is 5. The van der Waals surface area contributed by atoms with Crippen LogP contribution >= 0.6 is 0 Å². The van der Waals surface area contributed by atoms with E-state index in [0.29, 0.717) is 6.42 Å². The summed E-state index contributed by atoms with van der Waals surface area (Å²) in [6, 6.07) is 24.3. The lowest BCUT2D eigenvalue weighted by Crippen LogP contribution is -2.50. The van der Waals surface area contributed by atoms with Crippen molar-refractivity contribution in [3.05, 3.63) is 113 Å². The second kappa shape index (κ2) is 7.81. The van der Waals surface area contributed by atoms with Crippen molar-refractivity contribution in [3.63, 3.8) is 0 Å². The number of rotatable bonds is 1. The SMILES string of the molecule is Oc1cccc(C23CC4=CN(CCc5ccc(c(O)c5)-c5ccc(O)cc54)C2Cc2cccc(O)c23)c1. The molecule has 1 aliphatic carbocycles. The Balaban J connectivity index is 1.53. The number of fused-ring (bicyclic) bond motifs is 6. The summed E-state index contributed by atoms with van der Waals surface area (Å²) in [6.07, 6.45) is 4.28. The Morgan fingerprint density at radius 2 is 1.54 bits per heavy atom. The van der Waals surface area contributed by atoms with E-state index in [1.54, 1.807) is 24.3 Å². The summed E-state index contributed by atoms with van der Waals surface area (Å²) in [6.45, 7) is 0.719. The maximum Gasteiger partial charge on any atom is 0.123 e. The van der Waals surface area contributed by atoms with Gasteiger partial charge in [0, 0.05) is 35.3 Å². The van der Waals surface area contributed by atoms with E-state index in [1.165, 1.54) is 0 Å². The van der Waals surface area contributed by atoms with Gasteiger partial charge in [0.15, 0.2) is 0 Å². The van der Waals surface area contributed by atoms with E-state index in [2.05, 4.69) is 23.2 Å². The van der Waals surface area contributed by atoms with Crippen LogP contribution in [0.1, 0.15) is 34.2 Å². The van der Waals surface area contributed by atoms with Crippen molar-refractivity contribution in [2.24, 2.45) is 0 Å². The summed E-state index contributed by atoms with van der Waals surface area (Å²) >= 11 is 0. The van der Waals surface area contributed by atoms with Gasteiger partial charge in [-0.25, -0.2) is 0 Å². The highest BCUT2D eigenvalue weighted by Crippen LogP contribution is 2.57. The van der Waals surface area contributed by atoms with Crippen molar-refractivity contribution in [1.29, 1.82) is 0 Å². The molecule has 2 atom stereocenters. The quantitative estimate of drug-likeness (QED) is 0.276. The van der Waals surface area contributed by atoms with Gasteiger partial charge >= 0.3 is 0 Å². The predicted molar refractivity (Wildman–Crippen MR) is 143 cm³/mol. The van der Waals surface area contributed by atoms with Gasteiger partial charge in [-0.1, -0.05) is 36.4 Å². The molecule has 4 bridgehead atoms. The van der Waals surface area contributed by atoms with Gasteiger partial charge < -0.3 is 25.3 Å². The molecule has 4 aliphatic rings. The van der Waals surface area contributed by atoms with E-state index in [9.17, 15) is 20.4 Å². The molecule has 5 nitrogen and oxygen atoms in total. The largest absolute Gasteiger partial charge is 0.508 e. The zero-order valence-corrected chi connectivity index (χ0v) is 20.2. The molecule has 4 N–H and O–H groups in total. The third kappa shape index (κ3) is 3.17. The van der Waals surface area contributed by atoms with E-state index < -0.39 is 5.41 Å². The maximum absolute atomic E-state index is 11.3. The van der Waals surface area contributed by atoms with Gasteiger partial charge in [-0.3, -0.25) is 0 Å². The van der Waals surface area contributed by atoms with Crippen LogP contribution in [-0.2, 0) is 18.3 Å². The first-order chi connectivity index (χ1) is 17.9. The fourth-order valence-corrected chi connectivity index (χ4v) is 6.92. The Bertz CT molecular complexity index is 1610. The maximum atomic E-state index is 11.3. The summed E-state index contributed by atoms with van der Waals surface area (Å²) in [5.74, 6) is 0.827. The lowest BCUT2D eigenvalue weighted by molar-refractivity contribution is 0.196. The van der Waals surface area contributed by atoms with Crippen LogP contribution in [0.5, 0.6) is 23.0 Å². The van der Waals surface area contributed by atoms with Crippen LogP contribution in [0.25, 0.3) is 16.7 Å². The number of allylic oxidation sites excluding steroid dienone is 1. The molecule has 8 rings (SSSR count). The molecule has 3 heterocycles. The van der Waals surface area contributed by atoms with E-state index >= 15 is 0 Å². The first-order valence-electron chi connectivity index (χ1n) is 12.7. The molecule has 0 saturated carbocycles. The zero-order chi connectivity index (χ0) is 25.3. The smallest absolute Gasteiger partial charge is 0.123 e. The molecule has 2 unspecified atom stereocenters. The fourth-order valence-electron chi connectivity index (χ4n) is 6.92. The molecule has 0 saturated heterocycles. The lowest BCUT2D eigenvalue weighted by Gasteiger charge is -2.47. The Hall–Kier alpha value is -4.38. The highest BCUT2D eigenvalue weighted by molar-refractivity contribution is 5.86. The number of phenolic OH excluding ortho intramolecular Hbond substituents is 4. The average Bonchev–Trinajstić information content (AvgIpc) is 3.23. The topological polar surface area (TPSA) is 84.2 Å². The Morgan fingerprint density at radius 3 is 2.38 bits per heavy atom. The van der Waals surface area contributed by atoms with Crippen LogP contribution in [0.2, 0.25) is 0 Å². The van der Waals surface area contributed by atoms with Gasteiger partial charge in [0.2, 0.25) is 0 Å². The zero-order valence-electron chi connectivity index (χ0n) is 20.2. The third-order valence-electron chi connectivity index (χ3n) is 8.47. The molecule has 3 aliphatic heterocycles. The van der Waals surface area contributed by atoms with Gasteiger partial charge in [-0.05, 0) is 95.1 Å². The van der Waals surface area contributed by atoms with Crippen LogP contribution in [0.4, 0.5) is 0 Å². The van der Waals surface area contributed by atoms with E-state index in [1.807, 2.05) is 42.5 Å². The van der Waals surface area contributed by atoms with Crippen molar-refractivity contribution < 1.29 is 20.4 Å². The number of nitrogens with zero attached hydrogens (tertiary/aromatic N) is 1. The molecule has 5 heteroatoms. The second-order valence-corrected chi connectivity index (χ2v) is 10.5. The highest BCUT2D eigenvalue weighted by Gasteiger charge is 2.54. The lowest BCUT2D eigenvalue weighted by atomic mass is 9.65. The molecule has 0 aromatic heterocycles. The van der Waals surface area contributed by atoms with Crippen molar-refractivity contribution in [3.8, 4) is 34.1 Å². The number of hydrogen-bond donors (Lipinski definition) is 4. The standard InChI is InChI=1S/C32H27NO4/c34-23-5-2-4-22(15-23)32-17-21-18-33(30(32)14-20-3-1-6-28(36)31(20)32)12-11-19-7-9-26(29(37)13-19)25-10-8-24(35)16-27(21)25/h1-10,13,15-16,18,30,34-37H,11-12,14,17H2. The van der Waals surface area contributed by atoms with Gasteiger partial charge in [0.25, 0.3) is 0 Å². The first kappa shape index (κ1) is 21.9. The number of benzene rings is 4. The minimum Gasteiger partial charge on any atom is -0.508 e. The summed E-state index contributed by atoms with van der Waals surface area (Å²) in [7, 11) is 0. The van der Waals surface area contributed by atoms with Crippen molar-refractivity contribution in [2.45, 2.75) is 30.7 Å². The molecular formula is C32H27NO4. The monoisotopic (exact) mass is 489 g/mol. The molecule has 4 aromatic rings. The van der Waals surface area contributed by atoms with Crippen LogP contribution in [0.15, 0.2) is 85.1 Å². The Labute approximate surface area is 215 Å². The van der Waals surface area contributed by atoms with Crippen molar-refractivity contribution >= 4 is 5.57 Å². The Morgan fingerprint density at radius 1 is 0.730 bits per heavy atom. The van der Waals surface area contributed by atoms with Crippen LogP contribution in [0.3, 0.4) is 0 Å². The third-order valence-corrected chi connectivity index (χ3v) is 8.47. The van der Waals surface area contributed by atoms with E-state index in [-0.39, 0.29) is 29.0 Å². The summed E-state index contributed by atoms with van der Waals surface area (Å²) in [5, 5.41) is 43.3. The van der Waals surface area contributed by atoms with Gasteiger partial charge in [-0.15, -0.1) is 0 Å². The molecule has 0 fully saturated rings. The molecular weight excluding hydrogens is 462 g/mol. The first-order valence-corrected chi connectivity index (χ1v) is 12.7. The highest BCUT2D eigenvalue weighted by atomic mass is 16.3. The molecule has 184 valence electrons. The van der Waals surface area contributed by atoms with Crippen LogP contribution < -0.4 is 0 Å². The van der Waals surface area contributed by atoms with Gasteiger partial charge in [0.05, 0.1) is 0 Å². The fraction of sp³-hybridized carbons (Fsp3) is 0.188. The van der Waals surface area contributed by atoms with Gasteiger partial charge in [-0.2, -0.15) is 0 Å². The van der Waals surface area contributed by atoms with Gasteiger partial charge in [0.1, 0.15) is 23.0 Å². The minimum absolute atomic E-state index is 0.0230. The molecule has 0 amide bonds. The molecule has 37 heavy (non-hydrogen) atoms. The predicted octanol–water partition coefficient (Wildman–Crippen LogP) is 5.69. The van der Waals surface area contributed by atoms with Crippen molar-refractivity contribution in [1.82, 2.24) is 4.90 Å². The summed E-state index contributed by atoms with van der Waals surface area (Å²) in [4.78, 5) is 2.37. The molecule has 0 spiro atoms. The number of phenols is 4. The molecule has 4 aromatic carbocycles.